The van der Waals surface area contributed by atoms with Crippen LogP contribution in [0.3, 0.4) is 0 Å². The van der Waals surface area contributed by atoms with Crippen LogP contribution < -0.4 is 15.8 Å². The highest BCUT2D eigenvalue weighted by atomic mass is 16.5. The van der Waals surface area contributed by atoms with Crippen LogP contribution in [0.2, 0.25) is 0 Å². The van der Waals surface area contributed by atoms with Gasteiger partial charge in [-0.3, -0.25) is 4.79 Å². The molecule has 0 saturated heterocycles. The Morgan fingerprint density at radius 2 is 2.23 bits per heavy atom. The van der Waals surface area contributed by atoms with Crippen molar-refractivity contribution in [2.24, 2.45) is 0 Å². The first-order valence-corrected chi connectivity index (χ1v) is 8.19. The Labute approximate surface area is 132 Å². The Kier molecular flexibility index (Phi) is 6.31. The zero-order valence-corrected chi connectivity index (χ0v) is 13.4. The van der Waals surface area contributed by atoms with E-state index in [9.17, 15) is 4.79 Å². The summed E-state index contributed by atoms with van der Waals surface area (Å²) in [7, 11) is 0. The zero-order valence-electron chi connectivity index (χ0n) is 13.4. The second kappa shape index (κ2) is 8.47. The molecule has 0 bridgehead atoms. The van der Waals surface area contributed by atoms with Crippen molar-refractivity contribution < 1.29 is 9.53 Å². The molecule has 0 heterocycles. The lowest BCUT2D eigenvalue weighted by Crippen LogP contribution is -2.25. The third kappa shape index (κ3) is 4.79. The molecule has 4 nitrogen and oxygen atoms in total. The Bertz CT molecular complexity index is 538. The van der Waals surface area contributed by atoms with E-state index in [0.29, 0.717) is 30.2 Å². The monoisotopic (exact) mass is 302 g/mol. The molecule has 1 aliphatic carbocycles. The summed E-state index contributed by atoms with van der Waals surface area (Å²) in [6.45, 7) is 3.32. The van der Waals surface area contributed by atoms with Crippen LogP contribution in [0.5, 0.6) is 5.75 Å². The summed E-state index contributed by atoms with van der Waals surface area (Å²) in [5.41, 5.74) is 8.49. The van der Waals surface area contributed by atoms with Crippen LogP contribution in [0.25, 0.3) is 0 Å². The van der Waals surface area contributed by atoms with Crippen molar-refractivity contribution >= 4 is 11.6 Å². The van der Waals surface area contributed by atoms with E-state index in [-0.39, 0.29) is 5.91 Å². The summed E-state index contributed by atoms with van der Waals surface area (Å²) in [5, 5.41) is 2.97. The summed E-state index contributed by atoms with van der Waals surface area (Å²) in [6, 6.07) is 5.19. The number of rotatable bonds is 7. The van der Waals surface area contributed by atoms with Crippen LogP contribution in [0, 0.1) is 0 Å². The minimum absolute atomic E-state index is 0.0715. The summed E-state index contributed by atoms with van der Waals surface area (Å²) >= 11 is 0. The molecule has 0 atom stereocenters. The maximum atomic E-state index is 12.2. The molecule has 1 aromatic rings. The van der Waals surface area contributed by atoms with Crippen LogP contribution in [-0.2, 0) is 0 Å². The van der Waals surface area contributed by atoms with Gasteiger partial charge < -0.3 is 15.8 Å². The number of nitrogen functional groups attached to an aromatic ring is 1. The lowest BCUT2D eigenvalue weighted by Gasteiger charge is -2.13. The maximum absolute atomic E-state index is 12.2. The van der Waals surface area contributed by atoms with Crippen molar-refractivity contribution in [3.63, 3.8) is 0 Å². The van der Waals surface area contributed by atoms with Crippen molar-refractivity contribution in [1.29, 1.82) is 0 Å². The van der Waals surface area contributed by atoms with Gasteiger partial charge in [-0.2, -0.15) is 0 Å². The highest BCUT2D eigenvalue weighted by Crippen LogP contribution is 2.23. The van der Waals surface area contributed by atoms with E-state index in [0.717, 1.165) is 12.8 Å². The summed E-state index contributed by atoms with van der Waals surface area (Å²) in [4.78, 5) is 12.2. The minimum Gasteiger partial charge on any atom is -0.491 e. The first kappa shape index (κ1) is 16.4. The van der Waals surface area contributed by atoms with Gasteiger partial charge in [0.05, 0.1) is 12.3 Å². The number of ether oxygens (including phenoxy) is 1. The van der Waals surface area contributed by atoms with E-state index in [2.05, 4.69) is 11.4 Å². The summed E-state index contributed by atoms with van der Waals surface area (Å²) in [5.74, 6) is 0.516. The van der Waals surface area contributed by atoms with Crippen molar-refractivity contribution in [2.45, 2.75) is 45.4 Å². The first-order chi connectivity index (χ1) is 10.7. The highest BCUT2D eigenvalue weighted by Gasteiger charge is 2.10. The summed E-state index contributed by atoms with van der Waals surface area (Å²) in [6.07, 6.45) is 9.09. The van der Waals surface area contributed by atoms with Gasteiger partial charge in [-0.1, -0.05) is 18.6 Å². The number of nitrogens with two attached hydrogens (primary N) is 1. The number of carbonyl (C=O) groups excluding carboxylic acids is 1. The molecule has 0 aromatic heterocycles. The largest absolute Gasteiger partial charge is 0.491 e. The van der Waals surface area contributed by atoms with Crippen LogP contribution in [0.15, 0.2) is 29.8 Å². The average molecular weight is 302 g/mol. The maximum Gasteiger partial charge on any atom is 0.251 e. The van der Waals surface area contributed by atoms with E-state index < -0.39 is 0 Å². The highest BCUT2D eigenvalue weighted by molar-refractivity contribution is 5.95. The number of allylic oxidation sites excluding steroid dienone is 1. The Hall–Kier alpha value is -1.97. The molecular weight excluding hydrogens is 276 g/mol. The first-order valence-electron chi connectivity index (χ1n) is 8.19. The number of amides is 1. The number of hydrogen-bond donors (Lipinski definition) is 2. The van der Waals surface area contributed by atoms with Crippen LogP contribution >= 0.6 is 0 Å². The Balaban J connectivity index is 1.87. The topological polar surface area (TPSA) is 64.3 Å². The van der Waals surface area contributed by atoms with Gasteiger partial charge in [0.25, 0.3) is 5.91 Å². The summed E-state index contributed by atoms with van der Waals surface area (Å²) < 4.78 is 5.56. The van der Waals surface area contributed by atoms with Crippen molar-refractivity contribution in [3.05, 3.63) is 35.4 Å². The lowest BCUT2D eigenvalue weighted by atomic mass is 9.97. The normalized spacial score (nSPS) is 14.3. The van der Waals surface area contributed by atoms with Crippen LogP contribution in [0.4, 0.5) is 5.69 Å². The quantitative estimate of drug-likeness (QED) is 0.596. The van der Waals surface area contributed by atoms with Gasteiger partial charge in [0.15, 0.2) is 0 Å². The van der Waals surface area contributed by atoms with Gasteiger partial charge in [0, 0.05) is 12.1 Å². The predicted molar refractivity (Wildman–Crippen MR) is 90.1 cm³/mol. The Morgan fingerprint density at radius 1 is 1.36 bits per heavy atom. The molecule has 2 rings (SSSR count). The lowest BCUT2D eigenvalue weighted by molar-refractivity contribution is 0.0953. The fourth-order valence-corrected chi connectivity index (χ4v) is 2.58. The second-order valence-corrected chi connectivity index (χ2v) is 5.72. The van der Waals surface area contributed by atoms with Crippen molar-refractivity contribution in [2.75, 3.05) is 18.9 Å². The van der Waals surface area contributed by atoms with Gasteiger partial charge in [-0.25, -0.2) is 0 Å². The fraction of sp³-hybridized carbons (Fsp3) is 0.500. The molecule has 22 heavy (non-hydrogen) atoms. The van der Waals surface area contributed by atoms with Gasteiger partial charge in [-0.05, 0) is 56.7 Å². The molecule has 0 spiro atoms. The number of anilines is 1. The number of benzene rings is 1. The van der Waals surface area contributed by atoms with E-state index in [4.69, 9.17) is 10.5 Å². The molecule has 3 N–H and O–H groups in total. The standard InChI is InChI=1S/C18H26N2O2/c1-2-12-22-17-13-15(8-9-16(17)19)18(21)20-11-10-14-6-4-3-5-7-14/h6,8-9,13H,2-5,7,10-12,19H2,1H3,(H,20,21). The SMILES string of the molecule is CCCOc1cc(C(=O)NCCC2=CCCCC2)ccc1N. The molecule has 0 radical (unpaired) electrons. The molecule has 1 aromatic carbocycles. The third-order valence-electron chi connectivity index (χ3n) is 3.85. The third-order valence-corrected chi connectivity index (χ3v) is 3.85. The molecule has 0 unspecified atom stereocenters. The molecule has 1 aliphatic rings. The van der Waals surface area contributed by atoms with E-state index in [1.165, 1.54) is 31.3 Å². The fourth-order valence-electron chi connectivity index (χ4n) is 2.58. The van der Waals surface area contributed by atoms with Gasteiger partial charge in [0.2, 0.25) is 0 Å². The van der Waals surface area contributed by atoms with Crippen LogP contribution in [0.1, 0.15) is 55.8 Å². The van der Waals surface area contributed by atoms with Crippen LogP contribution in [-0.4, -0.2) is 19.1 Å². The van der Waals surface area contributed by atoms with Gasteiger partial charge in [-0.15, -0.1) is 0 Å². The number of carbonyl (C=O) groups is 1. The predicted octanol–water partition coefficient (Wildman–Crippen LogP) is 3.68. The zero-order chi connectivity index (χ0) is 15.8. The molecule has 120 valence electrons. The second-order valence-electron chi connectivity index (χ2n) is 5.72. The molecule has 0 aliphatic heterocycles. The average Bonchev–Trinajstić information content (AvgIpc) is 2.55. The molecule has 1 amide bonds. The van der Waals surface area contributed by atoms with E-state index in [1.54, 1.807) is 18.2 Å². The van der Waals surface area contributed by atoms with E-state index in [1.807, 2.05) is 6.92 Å². The number of nitrogens with one attached hydrogen (secondary N) is 1. The van der Waals surface area contributed by atoms with Gasteiger partial charge >= 0.3 is 0 Å². The molecule has 4 heteroatoms. The van der Waals surface area contributed by atoms with Crippen molar-refractivity contribution in [3.8, 4) is 5.75 Å². The molecule has 0 saturated carbocycles. The number of hydrogen-bond acceptors (Lipinski definition) is 3. The van der Waals surface area contributed by atoms with E-state index >= 15 is 0 Å². The smallest absolute Gasteiger partial charge is 0.251 e. The minimum atomic E-state index is -0.0715. The molecule has 0 fully saturated rings. The molecular formula is C18H26N2O2. The Morgan fingerprint density at radius 3 is 2.95 bits per heavy atom. The van der Waals surface area contributed by atoms with Gasteiger partial charge in [0.1, 0.15) is 5.75 Å². The van der Waals surface area contributed by atoms with Crippen molar-refractivity contribution in [1.82, 2.24) is 5.32 Å².